The first-order valence-corrected chi connectivity index (χ1v) is 9.80. The minimum atomic E-state index is -3.30. The molecule has 2 rings (SSSR count). The maximum atomic E-state index is 12.3. The van der Waals surface area contributed by atoms with Crippen LogP contribution in [0.1, 0.15) is 35.2 Å². The summed E-state index contributed by atoms with van der Waals surface area (Å²) in [5.41, 5.74) is 2.04. The number of carbonyl (C=O) groups excluding carboxylic acids is 2. The minimum Gasteiger partial charge on any atom is -0.339 e. The van der Waals surface area contributed by atoms with Crippen molar-refractivity contribution in [3.63, 3.8) is 0 Å². The molecule has 1 saturated heterocycles. The number of benzene rings is 1. The number of likely N-dealkylation sites (tertiary alicyclic amines) is 1. The van der Waals surface area contributed by atoms with Crippen LogP contribution in [0.3, 0.4) is 0 Å². The normalized spacial score (nSPS) is 14.7. The molecule has 8 heteroatoms. The summed E-state index contributed by atoms with van der Waals surface area (Å²) in [6.07, 6.45) is 3.17. The molecule has 1 aliphatic heterocycles. The van der Waals surface area contributed by atoms with Crippen molar-refractivity contribution in [1.82, 2.24) is 9.62 Å². The molecule has 0 aromatic heterocycles. The molecule has 2 amide bonds. The topological polar surface area (TPSA) is 95.6 Å². The van der Waals surface area contributed by atoms with Crippen LogP contribution in [0.15, 0.2) is 18.2 Å². The number of rotatable bonds is 6. The summed E-state index contributed by atoms with van der Waals surface area (Å²) >= 11 is 0. The van der Waals surface area contributed by atoms with Gasteiger partial charge in [0.15, 0.2) is 0 Å². The maximum absolute atomic E-state index is 12.3. The van der Waals surface area contributed by atoms with Crippen molar-refractivity contribution in [2.75, 3.05) is 31.2 Å². The highest BCUT2D eigenvalue weighted by Gasteiger charge is 2.20. The molecule has 0 radical (unpaired) electrons. The van der Waals surface area contributed by atoms with E-state index >= 15 is 0 Å². The largest absolute Gasteiger partial charge is 0.339 e. The van der Waals surface area contributed by atoms with Gasteiger partial charge in [0, 0.05) is 37.3 Å². The summed E-state index contributed by atoms with van der Waals surface area (Å²) in [5.74, 6) is -0.265. The van der Waals surface area contributed by atoms with Crippen LogP contribution in [-0.4, -0.2) is 51.0 Å². The van der Waals surface area contributed by atoms with Crippen LogP contribution >= 0.6 is 0 Å². The number of nitrogens with one attached hydrogen (secondary N) is 2. The average molecular weight is 353 g/mol. The second-order valence-corrected chi connectivity index (χ2v) is 7.83. The van der Waals surface area contributed by atoms with Gasteiger partial charge in [-0.1, -0.05) is 0 Å². The molecule has 1 fully saturated rings. The Hall–Kier alpha value is -1.93. The van der Waals surface area contributed by atoms with Crippen molar-refractivity contribution < 1.29 is 18.0 Å². The van der Waals surface area contributed by atoms with Crippen molar-refractivity contribution in [2.45, 2.75) is 26.2 Å². The number of carbonyl (C=O) groups is 2. The fourth-order valence-corrected chi connectivity index (χ4v) is 3.08. The summed E-state index contributed by atoms with van der Waals surface area (Å²) in [5, 5.41) is 2.73. The fourth-order valence-electron chi connectivity index (χ4n) is 2.60. The Morgan fingerprint density at radius 3 is 2.46 bits per heavy atom. The first-order valence-electron chi connectivity index (χ1n) is 7.91. The van der Waals surface area contributed by atoms with E-state index in [2.05, 4.69) is 10.0 Å². The first kappa shape index (κ1) is 18.4. The third-order valence-corrected chi connectivity index (χ3v) is 4.59. The van der Waals surface area contributed by atoms with Crippen LogP contribution in [0.5, 0.6) is 0 Å². The number of nitrogens with zero attached hydrogens (tertiary/aromatic N) is 1. The number of anilines is 1. The summed E-state index contributed by atoms with van der Waals surface area (Å²) in [7, 11) is -3.30. The van der Waals surface area contributed by atoms with Crippen molar-refractivity contribution >= 4 is 27.5 Å². The van der Waals surface area contributed by atoms with Crippen molar-refractivity contribution in [3.05, 3.63) is 29.3 Å². The molecule has 0 spiro atoms. The molecule has 0 unspecified atom stereocenters. The predicted octanol–water partition coefficient (Wildman–Crippen LogP) is 1.11. The third kappa shape index (κ3) is 5.31. The quantitative estimate of drug-likeness (QED) is 0.801. The number of hydrogen-bond donors (Lipinski definition) is 2. The first-order chi connectivity index (χ1) is 11.3. The lowest BCUT2D eigenvalue weighted by atomic mass is 10.1. The molecule has 1 aromatic carbocycles. The molecule has 1 aromatic rings. The molecule has 1 aliphatic rings. The fraction of sp³-hybridized carbons (Fsp3) is 0.500. The van der Waals surface area contributed by atoms with Gasteiger partial charge in [-0.3, -0.25) is 9.59 Å². The lowest BCUT2D eigenvalue weighted by Gasteiger charge is -2.16. The summed E-state index contributed by atoms with van der Waals surface area (Å²) < 4.78 is 24.2. The van der Waals surface area contributed by atoms with Gasteiger partial charge in [-0.05, 0) is 43.5 Å². The highest BCUT2D eigenvalue weighted by molar-refractivity contribution is 7.88. The van der Waals surface area contributed by atoms with E-state index in [4.69, 9.17) is 0 Å². The zero-order valence-electron chi connectivity index (χ0n) is 14.0. The van der Waals surface area contributed by atoms with Crippen LogP contribution < -0.4 is 10.0 Å². The third-order valence-electron chi connectivity index (χ3n) is 3.86. The Bertz CT molecular complexity index is 725. The maximum Gasteiger partial charge on any atom is 0.253 e. The molecule has 0 bridgehead atoms. The van der Waals surface area contributed by atoms with Gasteiger partial charge in [0.05, 0.1) is 6.26 Å². The zero-order chi connectivity index (χ0) is 17.7. The van der Waals surface area contributed by atoms with Gasteiger partial charge in [0.2, 0.25) is 15.9 Å². The van der Waals surface area contributed by atoms with Gasteiger partial charge in [0.25, 0.3) is 5.91 Å². The van der Waals surface area contributed by atoms with Crippen LogP contribution in [0.2, 0.25) is 0 Å². The van der Waals surface area contributed by atoms with E-state index in [1.807, 2.05) is 11.8 Å². The molecule has 0 aliphatic carbocycles. The van der Waals surface area contributed by atoms with E-state index in [9.17, 15) is 18.0 Å². The summed E-state index contributed by atoms with van der Waals surface area (Å²) in [6.45, 7) is 3.47. The number of amides is 2. The molecule has 24 heavy (non-hydrogen) atoms. The number of aryl methyl sites for hydroxylation is 1. The predicted molar refractivity (Wildman–Crippen MR) is 92.4 cm³/mol. The summed E-state index contributed by atoms with van der Waals surface area (Å²) in [6, 6.07) is 5.18. The molecule has 0 saturated carbocycles. The molecule has 1 heterocycles. The van der Waals surface area contributed by atoms with E-state index in [1.165, 1.54) is 0 Å². The van der Waals surface area contributed by atoms with E-state index in [0.29, 0.717) is 11.3 Å². The highest BCUT2D eigenvalue weighted by Crippen LogP contribution is 2.19. The van der Waals surface area contributed by atoms with E-state index in [-0.39, 0.29) is 24.8 Å². The van der Waals surface area contributed by atoms with Gasteiger partial charge < -0.3 is 10.2 Å². The summed E-state index contributed by atoms with van der Waals surface area (Å²) in [4.78, 5) is 26.0. The zero-order valence-corrected chi connectivity index (χ0v) is 14.8. The Labute approximate surface area is 142 Å². The van der Waals surface area contributed by atoms with Crippen LogP contribution in [0.25, 0.3) is 0 Å². The van der Waals surface area contributed by atoms with E-state index in [1.54, 1.807) is 18.2 Å². The lowest BCUT2D eigenvalue weighted by Crippen LogP contribution is -2.28. The average Bonchev–Trinajstić information content (AvgIpc) is 3.01. The van der Waals surface area contributed by atoms with Gasteiger partial charge in [-0.15, -0.1) is 0 Å². The van der Waals surface area contributed by atoms with Crippen molar-refractivity contribution in [2.24, 2.45) is 0 Å². The number of sulfonamides is 1. The standard InChI is InChI=1S/C16H23N3O4S/c1-12-11-13(16(21)19-9-3-4-10-19)5-6-14(12)18-15(20)7-8-17-24(2,22)23/h5-6,11,17H,3-4,7-10H2,1-2H3,(H,18,20). The Kier molecular flexibility index (Phi) is 5.95. The van der Waals surface area contributed by atoms with Crippen LogP contribution in [-0.2, 0) is 14.8 Å². The molecule has 132 valence electrons. The van der Waals surface area contributed by atoms with Crippen LogP contribution in [0.4, 0.5) is 5.69 Å². The van der Waals surface area contributed by atoms with Gasteiger partial charge in [0.1, 0.15) is 0 Å². The Morgan fingerprint density at radius 1 is 1.21 bits per heavy atom. The monoisotopic (exact) mass is 353 g/mol. The Balaban J connectivity index is 1.94. The van der Waals surface area contributed by atoms with E-state index < -0.39 is 10.0 Å². The van der Waals surface area contributed by atoms with Gasteiger partial charge >= 0.3 is 0 Å². The molecular weight excluding hydrogens is 330 g/mol. The van der Waals surface area contributed by atoms with Gasteiger partial charge in [-0.25, -0.2) is 13.1 Å². The van der Waals surface area contributed by atoms with Crippen molar-refractivity contribution in [1.29, 1.82) is 0 Å². The van der Waals surface area contributed by atoms with E-state index in [0.717, 1.165) is 37.8 Å². The second kappa shape index (κ2) is 7.76. The Morgan fingerprint density at radius 2 is 1.88 bits per heavy atom. The van der Waals surface area contributed by atoms with Crippen molar-refractivity contribution in [3.8, 4) is 0 Å². The van der Waals surface area contributed by atoms with Gasteiger partial charge in [-0.2, -0.15) is 0 Å². The SMILES string of the molecule is Cc1cc(C(=O)N2CCCC2)ccc1NC(=O)CCNS(C)(=O)=O. The smallest absolute Gasteiger partial charge is 0.253 e. The highest BCUT2D eigenvalue weighted by atomic mass is 32.2. The molecular formula is C16H23N3O4S. The molecule has 7 nitrogen and oxygen atoms in total. The second-order valence-electron chi connectivity index (χ2n) is 5.99. The molecule has 2 N–H and O–H groups in total. The number of hydrogen-bond acceptors (Lipinski definition) is 4. The lowest BCUT2D eigenvalue weighted by molar-refractivity contribution is -0.116. The van der Waals surface area contributed by atoms with Crippen LogP contribution in [0, 0.1) is 6.92 Å². The minimum absolute atomic E-state index is 0.0193. The molecule has 0 atom stereocenters.